The number of rotatable bonds is 1. The van der Waals surface area contributed by atoms with E-state index < -0.39 is 12.2 Å². The van der Waals surface area contributed by atoms with Gasteiger partial charge in [0.2, 0.25) is 0 Å². The summed E-state index contributed by atoms with van der Waals surface area (Å²) in [5, 5.41) is -0.0109. The maximum Gasteiger partial charge on any atom is 0.265 e. The zero-order valence-electron chi connectivity index (χ0n) is 5.62. The van der Waals surface area contributed by atoms with Crippen LogP contribution in [0.1, 0.15) is 12.0 Å². The van der Waals surface area contributed by atoms with Gasteiger partial charge in [-0.05, 0) is 34.7 Å². The van der Waals surface area contributed by atoms with Crippen LogP contribution in [0.2, 0.25) is 5.02 Å². The Bertz CT molecular complexity index is 301. The van der Waals surface area contributed by atoms with Crippen LogP contribution in [0.5, 0.6) is 0 Å². The van der Waals surface area contributed by atoms with E-state index in [0.29, 0.717) is 0 Å². The molecule has 0 nitrogen and oxygen atoms in total. The first-order valence-electron chi connectivity index (χ1n) is 2.95. The molecule has 1 aromatic rings. The van der Waals surface area contributed by atoms with Crippen molar-refractivity contribution in [3.8, 4) is 0 Å². The van der Waals surface area contributed by atoms with Crippen molar-refractivity contribution in [2.75, 3.05) is 0 Å². The molecule has 0 heterocycles. The van der Waals surface area contributed by atoms with E-state index in [-0.39, 0.29) is 14.2 Å². The van der Waals surface area contributed by atoms with Crippen molar-refractivity contribution < 1.29 is 13.2 Å². The second kappa shape index (κ2) is 3.83. The van der Waals surface area contributed by atoms with Gasteiger partial charge < -0.3 is 0 Å². The van der Waals surface area contributed by atoms with Crippen molar-refractivity contribution in [1.82, 2.24) is 0 Å². The van der Waals surface area contributed by atoms with Gasteiger partial charge in [-0.25, -0.2) is 13.2 Å². The van der Waals surface area contributed by atoms with Gasteiger partial charge in [-0.15, -0.1) is 0 Å². The molecule has 5 heteroatoms. The van der Waals surface area contributed by atoms with E-state index in [1.807, 2.05) is 0 Å². The number of alkyl halides is 2. The lowest BCUT2D eigenvalue weighted by atomic mass is 10.2. The Kier molecular flexibility index (Phi) is 3.22. The third-order valence-electron chi connectivity index (χ3n) is 1.26. The highest BCUT2D eigenvalue weighted by molar-refractivity contribution is 14.1. The first-order chi connectivity index (χ1) is 5.52. The van der Waals surface area contributed by atoms with Gasteiger partial charge in [-0.2, -0.15) is 0 Å². The van der Waals surface area contributed by atoms with E-state index in [1.54, 1.807) is 0 Å². The van der Waals surface area contributed by atoms with Crippen molar-refractivity contribution in [3.63, 3.8) is 0 Å². The minimum absolute atomic E-state index is 0.0109. The van der Waals surface area contributed by atoms with E-state index in [0.717, 1.165) is 12.1 Å². The number of hydrogen-bond acceptors (Lipinski definition) is 0. The molecule has 0 saturated heterocycles. The summed E-state index contributed by atoms with van der Waals surface area (Å²) in [5.74, 6) is -0.710. The zero-order chi connectivity index (χ0) is 9.30. The van der Waals surface area contributed by atoms with Gasteiger partial charge in [0, 0.05) is 10.6 Å². The third kappa shape index (κ3) is 2.04. The summed E-state index contributed by atoms with van der Waals surface area (Å²) in [6.07, 6.45) is -2.69. The minimum Gasteiger partial charge on any atom is -0.206 e. The highest BCUT2D eigenvalue weighted by Crippen LogP contribution is 2.29. The second-order valence-corrected chi connectivity index (χ2v) is 3.61. The monoisotopic (exact) mass is 306 g/mol. The van der Waals surface area contributed by atoms with E-state index in [4.69, 9.17) is 11.6 Å². The maximum atomic E-state index is 12.8. The molecular formula is C7H3ClF3I. The molecule has 0 saturated carbocycles. The van der Waals surface area contributed by atoms with Crippen molar-refractivity contribution >= 4 is 34.2 Å². The number of halogens is 5. The normalized spacial score (nSPS) is 10.8. The Balaban J connectivity index is 3.28. The predicted molar refractivity (Wildman–Crippen MR) is 49.1 cm³/mol. The first kappa shape index (κ1) is 10.1. The topological polar surface area (TPSA) is 0 Å². The lowest BCUT2D eigenvalue weighted by molar-refractivity contribution is 0.150. The van der Waals surface area contributed by atoms with Crippen LogP contribution in [-0.4, -0.2) is 0 Å². The molecule has 1 rings (SSSR count). The molecule has 0 radical (unpaired) electrons. The van der Waals surface area contributed by atoms with E-state index in [2.05, 4.69) is 0 Å². The maximum absolute atomic E-state index is 12.8. The summed E-state index contributed by atoms with van der Waals surface area (Å²) in [6, 6.07) is 2.08. The van der Waals surface area contributed by atoms with E-state index >= 15 is 0 Å². The molecule has 12 heavy (non-hydrogen) atoms. The van der Waals surface area contributed by atoms with Crippen LogP contribution < -0.4 is 0 Å². The minimum atomic E-state index is -2.69. The molecule has 0 aromatic heterocycles. The van der Waals surface area contributed by atoms with Crippen LogP contribution in [0.4, 0.5) is 13.2 Å². The standard InChI is InChI=1S/C7H3ClF3I/c8-3-1-4(7(10)11)6(12)5(9)2-3/h1-2,7H. The van der Waals surface area contributed by atoms with Crippen LogP contribution in [0.3, 0.4) is 0 Å². The molecule has 0 amide bonds. The van der Waals surface area contributed by atoms with Crippen LogP contribution in [0.15, 0.2) is 12.1 Å². The molecule has 0 aliphatic carbocycles. The third-order valence-corrected chi connectivity index (χ3v) is 2.61. The lowest BCUT2D eigenvalue weighted by Gasteiger charge is -2.04. The highest BCUT2D eigenvalue weighted by Gasteiger charge is 2.15. The summed E-state index contributed by atoms with van der Waals surface area (Å²) in [4.78, 5) is 0. The van der Waals surface area contributed by atoms with Crippen molar-refractivity contribution in [2.45, 2.75) is 6.43 Å². The molecule has 66 valence electrons. The summed E-state index contributed by atoms with van der Waals surface area (Å²) in [7, 11) is 0. The summed E-state index contributed by atoms with van der Waals surface area (Å²) < 4.78 is 37.0. The number of benzene rings is 1. The molecule has 0 aliphatic rings. The Morgan fingerprint density at radius 3 is 2.42 bits per heavy atom. The van der Waals surface area contributed by atoms with Gasteiger partial charge in [0.1, 0.15) is 5.82 Å². The van der Waals surface area contributed by atoms with Gasteiger partial charge in [-0.3, -0.25) is 0 Å². The smallest absolute Gasteiger partial charge is 0.206 e. The Morgan fingerprint density at radius 2 is 1.92 bits per heavy atom. The van der Waals surface area contributed by atoms with Crippen molar-refractivity contribution in [1.29, 1.82) is 0 Å². The number of hydrogen-bond donors (Lipinski definition) is 0. The van der Waals surface area contributed by atoms with Gasteiger partial charge in [0.25, 0.3) is 6.43 Å². The molecule has 0 aliphatic heterocycles. The second-order valence-electron chi connectivity index (χ2n) is 2.09. The van der Waals surface area contributed by atoms with Gasteiger partial charge in [-0.1, -0.05) is 11.6 Å². The van der Waals surface area contributed by atoms with Gasteiger partial charge in [0.05, 0.1) is 3.57 Å². The van der Waals surface area contributed by atoms with E-state index in [9.17, 15) is 13.2 Å². The van der Waals surface area contributed by atoms with Gasteiger partial charge >= 0.3 is 0 Å². The largest absolute Gasteiger partial charge is 0.265 e. The highest BCUT2D eigenvalue weighted by atomic mass is 127. The fraction of sp³-hybridized carbons (Fsp3) is 0.143. The molecular weight excluding hydrogens is 303 g/mol. The van der Waals surface area contributed by atoms with Crippen LogP contribution >= 0.6 is 34.2 Å². The van der Waals surface area contributed by atoms with Gasteiger partial charge in [0.15, 0.2) is 0 Å². The first-order valence-corrected chi connectivity index (χ1v) is 4.40. The fourth-order valence-electron chi connectivity index (χ4n) is 0.735. The summed E-state index contributed by atoms with van der Waals surface area (Å²) in [5.41, 5.74) is -0.361. The molecule has 0 fully saturated rings. The molecule has 1 aromatic carbocycles. The SMILES string of the molecule is Fc1cc(Cl)cc(C(F)F)c1I. The average Bonchev–Trinajstić information content (AvgIpc) is 1.96. The summed E-state index contributed by atoms with van der Waals surface area (Å²) in [6.45, 7) is 0. The van der Waals surface area contributed by atoms with Crippen LogP contribution in [-0.2, 0) is 0 Å². The molecule has 0 spiro atoms. The average molecular weight is 306 g/mol. The Hall–Kier alpha value is 0.0300. The zero-order valence-corrected chi connectivity index (χ0v) is 8.54. The van der Waals surface area contributed by atoms with Crippen LogP contribution in [0, 0.1) is 9.39 Å². The predicted octanol–water partition coefficient (Wildman–Crippen LogP) is 4.02. The Morgan fingerprint density at radius 1 is 1.33 bits per heavy atom. The molecule has 0 bridgehead atoms. The quantitative estimate of drug-likeness (QED) is 0.543. The van der Waals surface area contributed by atoms with Crippen molar-refractivity contribution in [2.24, 2.45) is 0 Å². The van der Waals surface area contributed by atoms with E-state index in [1.165, 1.54) is 22.6 Å². The van der Waals surface area contributed by atoms with Crippen LogP contribution in [0.25, 0.3) is 0 Å². The summed E-state index contributed by atoms with van der Waals surface area (Å²) >= 11 is 6.91. The Labute approximate surface area is 85.9 Å². The lowest BCUT2D eigenvalue weighted by Crippen LogP contribution is -1.93. The molecule has 0 N–H and O–H groups in total. The molecule has 0 unspecified atom stereocenters. The van der Waals surface area contributed by atoms with Crippen molar-refractivity contribution in [3.05, 3.63) is 32.1 Å². The molecule has 0 atom stereocenters. The fourth-order valence-corrected chi connectivity index (χ4v) is 1.49.